The molecule has 6 atom stereocenters. The van der Waals surface area contributed by atoms with Crippen LogP contribution in [-0.2, 0) is 45.2 Å². The lowest BCUT2D eigenvalue weighted by Gasteiger charge is -2.31. The molecular weight excluding hydrogens is 600 g/mol. The predicted octanol–water partition coefficient (Wildman–Crippen LogP) is 2.98. The van der Waals surface area contributed by atoms with E-state index in [1.54, 1.807) is 48.5 Å². The van der Waals surface area contributed by atoms with Crippen molar-refractivity contribution in [1.82, 2.24) is 10.6 Å². The highest BCUT2D eigenvalue weighted by atomic mass is 16.5. The van der Waals surface area contributed by atoms with E-state index < -0.39 is 48.4 Å². The van der Waals surface area contributed by atoms with Gasteiger partial charge < -0.3 is 40.2 Å². The van der Waals surface area contributed by atoms with E-state index in [1.165, 1.54) is 7.11 Å². The second-order valence-electron chi connectivity index (χ2n) is 11.4. The highest BCUT2D eigenvalue weighted by Crippen LogP contribution is 2.31. The topological polar surface area (TPSA) is 147 Å². The molecule has 0 bridgehead atoms. The Balaban J connectivity index is 1.37. The summed E-state index contributed by atoms with van der Waals surface area (Å²) in [5.74, 6) is -0.901. The Bertz CT molecular complexity index is 1600. The highest BCUT2D eigenvalue weighted by molar-refractivity contribution is 5.84. The van der Waals surface area contributed by atoms with Crippen molar-refractivity contribution < 1.29 is 39.1 Å². The Kier molecular flexibility index (Phi) is 11.7. The van der Waals surface area contributed by atoms with E-state index in [0.29, 0.717) is 17.7 Å². The molecule has 10 heteroatoms. The zero-order valence-electron chi connectivity index (χ0n) is 26.1. The van der Waals surface area contributed by atoms with Gasteiger partial charge in [0.2, 0.25) is 0 Å². The lowest BCUT2D eigenvalue weighted by atomic mass is 10.00. The van der Waals surface area contributed by atoms with E-state index in [9.17, 15) is 24.9 Å². The number of carbonyl (C=O) groups is 2. The van der Waals surface area contributed by atoms with Crippen LogP contribution < -0.4 is 15.4 Å². The van der Waals surface area contributed by atoms with E-state index in [0.717, 1.165) is 22.3 Å². The lowest BCUT2D eigenvalue weighted by molar-refractivity contribution is -0.171. The van der Waals surface area contributed by atoms with Gasteiger partial charge in [0, 0.05) is 18.5 Å². The summed E-state index contributed by atoms with van der Waals surface area (Å²) in [5.41, 5.74) is 3.81. The molecule has 10 nitrogen and oxygen atoms in total. The number of aliphatic hydroxyl groups excluding tert-OH is 3. The number of nitrogens with one attached hydrogen (secondary N) is 2. The Morgan fingerprint density at radius 2 is 1.28 bits per heavy atom. The van der Waals surface area contributed by atoms with Gasteiger partial charge in [-0.3, -0.25) is 9.59 Å². The monoisotopic (exact) mass is 640 g/mol. The van der Waals surface area contributed by atoms with E-state index in [2.05, 4.69) is 10.6 Å². The molecule has 47 heavy (non-hydrogen) atoms. The van der Waals surface area contributed by atoms with Gasteiger partial charge in [-0.05, 0) is 28.3 Å². The first kappa shape index (κ1) is 33.8. The normalized spacial score (nSPS) is 18.0. The van der Waals surface area contributed by atoms with Crippen molar-refractivity contribution >= 4 is 11.8 Å². The lowest BCUT2D eigenvalue weighted by Crippen LogP contribution is -2.56. The maximum Gasteiger partial charge on any atom is 0.252 e. The van der Waals surface area contributed by atoms with E-state index in [4.69, 9.17) is 14.2 Å². The molecule has 4 aromatic carbocycles. The molecule has 1 aliphatic carbocycles. The van der Waals surface area contributed by atoms with E-state index >= 15 is 0 Å². The molecule has 0 saturated heterocycles. The fourth-order valence-corrected chi connectivity index (χ4v) is 5.65. The van der Waals surface area contributed by atoms with Crippen LogP contribution in [0.15, 0.2) is 109 Å². The molecule has 0 heterocycles. The average Bonchev–Trinajstić information content (AvgIpc) is 3.42. The maximum atomic E-state index is 13.8. The van der Waals surface area contributed by atoms with Crippen LogP contribution in [0.1, 0.15) is 33.9 Å². The van der Waals surface area contributed by atoms with Crippen molar-refractivity contribution in [3.63, 3.8) is 0 Å². The second-order valence-corrected chi connectivity index (χ2v) is 11.4. The molecule has 4 aromatic rings. The Morgan fingerprint density at radius 3 is 1.89 bits per heavy atom. The summed E-state index contributed by atoms with van der Waals surface area (Å²) in [6, 6.07) is 31.9. The molecule has 0 saturated carbocycles. The number of methoxy groups -OCH3 is 1. The maximum absolute atomic E-state index is 13.8. The molecule has 0 aromatic heterocycles. The van der Waals surface area contributed by atoms with Gasteiger partial charge in [0.05, 0.1) is 32.5 Å². The summed E-state index contributed by atoms with van der Waals surface area (Å²) in [4.78, 5) is 27.4. The number of carbonyl (C=O) groups excluding carboxylic acids is 2. The Hall–Kier alpha value is -4.58. The molecule has 0 fully saturated rings. The minimum Gasteiger partial charge on any atom is -0.496 e. The highest BCUT2D eigenvalue weighted by Gasteiger charge is 2.42. The number of benzene rings is 4. The molecule has 1 aliphatic rings. The SMILES string of the molecule is COc1ccccc1CNC(=O)[C@H](OCc1ccccc1)[C@H](O)[C@@H](O)[C@@H](OCc1ccccc1)C(=O)N[C@H]1c2ccccc2C[C@H]1O. The van der Waals surface area contributed by atoms with Gasteiger partial charge in [0.25, 0.3) is 11.8 Å². The summed E-state index contributed by atoms with van der Waals surface area (Å²) >= 11 is 0. The second kappa shape index (κ2) is 16.3. The molecule has 0 unspecified atom stereocenters. The van der Waals surface area contributed by atoms with Crippen molar-refractivity contribution in [1.29, 1.82) is 0 Å². The average molecular weight is 641 g/mol. The predicted molar refractivity (Wildman–Crippen MR) is 174 cm³/mol. The van der Waals surface area contributed by atoms with E-state index in [-0.39, 0.29) is 19.8 Å². The number of fused-ring (bicyclic) bond motifs is 1. The molecular formula is C37H40N2O8. The van der Waals surface area contributed by atoms with Crippen LogP contribution in [0.2, 0.25) is 0 Å². The molecule has 0 radical (unpaired) electrons. The van der Waals surface area contributed by atoms with Crippen LogP contribution in [-0.4, -0.2) is 64.8 Å². The zero-order valence-corrected chi connectivity index (χ0v) is 26.1. The summed E-state index contributed by atoms with van der Waals surface area (Å²) in [7, 11) is 1.52. The van der Waals surface area contributed by atoms with Crippen LogP contribution in [0.3, 0.4) is 0 Å². The van der Waals surface area contributed by atoms with Crippen molar-refractivity contribution in [2.24, 2.45) is 0 Å². The van der Waals surface area contributed by atoms with Gasteiger partial charge in [0.1, 0.15) is 18.0 Å². The van der Waals surface area contributed by atoms with Gasteiger partial charge >= 0.3 is 0 Å². The number of hydrogen-bond acceptors (Lipinski definition) is 8. The number of aliphatic hydroxyl groups is 3. The number of hydrogen-bond donors (Lipinski definition) is 5. The van der Waals surface area contributed by atoms with Crippen molar-refractivity contribution in [2.75, 3.05) is 7.11 Å². The fourth-order valence-electron chi connectivity index (χ4n) is 5.65. The van der Waals surface area contributed by atoms with Crippen LogP contribution >= 0.6 is 0 Å². The first-order valence-electron chi connectivity index (χ1n) is 15.5. The summed E-state index contributed by atoms with van der Waals surface area (Å²) in [5, 5.41) is 39.4. The van der Waals surface area contributed by atoms with Crippen molar-refractivity contribution in [3.05, 3.63) is 137 Å². The zero-order chi connectivity index (χ0) is 33.2. The largest absolute Gasteiger partial charge is 0.496 e. The third-order valence-electron chi connectivity index (χ3n) is 8.18. The van der Waals surface area contributed by atoms with Crippen LogP contribution in [0.25, 0.3) is 0 Å². The van der Waals surface area contributed by atoms with Crippen LogP contribution in [0.4, 0.5) is 0 Å². The minimum atomic E-state index is -1.90. The molecule has 5 rings (SSSR count). The van der Waals surface area contributed by atoms with Gasteiger partial charge in [-0.2, -0.15) is 0 Å². The van der Waals surface area contributed by atoms with Gasteiger partial charge in [-0.15, -0.1) is 0 Å². The third-order valence-corrected chi connectivity index (χ3v) is 8.18. The van der Waals surface area contributed by atoms with Crippen molar-refractivity contribution in [2.45, 2.75) is 62.7 Å². The fraction of sp³-hybridized carbons (Fsp3) is 0.297. The molecule has 0 spiro atoms. The molecule has 0 aliphatic heterocycles. The number of amides is 2. The standard InChI is InChI=1S/C37H40N2O8/c1-45-30-19-11-9-17-27(30)21-38-36(43)34(46-22-24-12-4-2-5-13-24)32(41)33(42)35(47-23-25-14-6-3-7-15-25)37(44)39-31-28-18-10-8-16-26(28)20-29(31)40/h2-19,29,31-35,40-42H,20-23H2,1H3,(H,38,43)(H,39,44)/t29-,31+,32-,33-,34-,35-/m1/s1. The van der Waals surface area contributed by atoms with Gasteiger partial charge in [-0.1, -0.05) is 103 Å². The quantitative estimate of drug-likeness (QED) is 0.133. The smallest absolute Gasteiger partial charge is 0.252 e. The summed E-state index contributed by atoms with van der Waals surface area (Å²) in [6.07, 6.45) is -7.54. The first-order chi connectivity index (χ1) is 22.9. The number of rotatable bonds is 15. The number of para-hydroxylation sites is 1. The molecule has 2 amide bonds. The van der Waals surface area contributed by atoms with Gasteiger partial charge in [0.15, 0.2) is 12.2 Å². The number of ether oxygens (including phenoxy) is 3. The first-order valence-corrected chi connectivity index (χ1v) is 15.5. The molecule has 246 valence electrons. The summed E-state index contributed by atoms with van der Waals surface area (Å²) < 4.78 is 17.3. The Morgan fingerprint density at radius 1 is 0.745 bits per heavy atom. The van der Waals surface area contributed by atoms with Gasteiger partial charge in [-0.25, -0.2) is 0 Å². The minimum absolute atomic E-state index is 0.0514. The van der Waals surface area contributed by atoms with Crippen LogP contribution in [0, 0.1) is 0 Å². The Labute approximate surface area is 273 Å². The molecule has 5 N–H and O–H groups in total. The van der Waals surface area contributed by atoms with Crippen molar-refractivity contribution in [3.8, 4) is 5.75 Å². The van der Waals surface area contributed by atoms with Crippen LogP contribution in [0.5, 0.6) is 5.75 Å². The summed E-state index contributed by atoms with van der Waals surface area (Å²) in [6.45, 7) is -0.0591. The third kappa shape index (κ3) is 8.62. The van der Waals surface area contributed by atoms with E-state index in [1.807, 2.05) is 60.7 Å².